The average molecular weight is 341 g/mol. The molecular weight excluding hydrogens is 322 g/mol. The summed E-state index contributed by atoms with van der Waals surface area (Å²) in [7, 11) is 0. The number of nitrogens with zero attached hydrogens (tertiary/aromatic N) is 1. The second kappa shape index (κ2) is 4.73. The molecule has 128 valence electrons. The number of carbonyl (C=O) groups is 2. The first kappa shape index (κ1) is 14.5. The van der Waals surface area contributed by atoms with E-state index in [0.717, 1.165) is 16.8 Å². The molecule has 2 bridgehead atoms. The number of rotatable bonds is 2. The molecule has 3 aliphatic carbocycles. The molecular formula is C23H19NO2. The Morgan fingerprint density at radius 1 is 0.769 bits per heavy atom. The van der Waals surface area contributed by atoms with Crippen molar-refractivity contribution in [3.8, 4) is 11.1 Å². The molecule has 0 aromatic heterocycles. The number of amides is 2. The van der Waals surface area contributed by atoms with Gasteiger partial charge in [0.2, 0.25) is 11.8 Å². The number of imide groups is 1. The van der Waals surface area contributed by atoms with E-state index in [9.17, 15) is 9.59 Å². The summed E-state index contributed by atoms with van der Waals surface area (Å²) in [5.41, 5.74) is 2.94. The third-order valence-electron chi connectivity index (χ3n) is 7.08. The molecule has 3 nitrogen and oxygen atoms in total. The molecule has 0 radical (unpaired) electrons. The lowest BCUT2D eigenvalue weighted by Gasteiger charge is -2.23. The van der Waals surface area contributed by atoms with Crippen LogP contribution in [0.1, 0.15) is 12.8 Å². The van der Waals surface area contributed by atoms with Crippen LogP contribution in [0.15, 0.2) is 66.7 Å². The maximum absolute atomic E-state index is 13.4. The van der Waals surface area contributed by atoms with E-state index in [1.54, 1.807) is 0 Å². The number of allylic oxidation sites excluding steroid dienone is 2. The molecule has 3 heteroatoms. The zero-order valence-corrected chi connectivity index (χ0v) is 14.3. The Kier molecular flexibility index (Phi) is 2.63. The third-order valence-corrected chi connectivity index (χ3v) is 7.08. The Morgan fingerprint density at radius 3 is 1.96 bits per heavy atom. The van der Waals surface area contributed by atoms with E-state index < -0.39 is 0 Å². The zero-order valence-electron chi connectivity index (χ0n) is 14.3. The first-order valence-electron chi connectivity index (χ1n) is 9.43. The summed E-state index contributed by atoms with van der Waals surface area (Å²) >= 11 is 0. The second-order valence-corrected chi connectivity index (χ2v) is 8.12. The van der Waals surface area contributed by atoms with Crippen molar-refractivity contribution in [2.75, 3.05) is 4.90 Å². The van der Waals surface area contributed by atoms with Gasteiger partial charge in [0.1, 0.15) is 0 Å². The van der Waals surface area contributed by atoms with Gasteiger partial charge in [-0.2, -0.15) is 0 Å². The minimum Gasteiger partial charge on any atom is -0.274 e. The molecule has 1 spiro atoms. The van der Waals surface area contributed by atoms with Crippen LogP contribution in [-0.4, -0.2) is 11.8 Å². The molecule has 2 aromatic rings. The normalized spacial score (nSPS) is 32.5. The van der Waals surface area contributed by atoms with Gasteiger partial charge < -0.3 is 0 Å². The number of benzene rings is 2. The van der Waals surface area contributed by atoms with Gasteiger partial charge in [-0.25, -0.2) is 4.90 Å². The van der Waals surface area contributed by atoms with Crippen LogP contribution in [0.5, 0.6) is 0 Å². The van der Waals surface area contributed by atoms with Crippen molar-refractivity contribution in [1.29, 1.82) is 0 Å². The summed E-state index contributed by atoms with van der Waals surface area (Å²) in [5.74, 6) is 0.247. The van der Waals surface area contributed by atoms with Crippen LogP contribution in [0.2, 0.25) is 0 Å². The van der Waals surface area contributed by atoms with E-state index in [-0.39, 0.29) is 40.9 Å². The highest BCUT2D eigenvalue weighted by molar-refractivity contribution is 6.24. The Balaban J connectivity index is 1.46. The highest BCUT2D eigenvalue weighted by Crippen LogP contribution is 2.73. The van der Waals surface area contributed by atoms with Gasteiger partial charge in [0.15, 0.2) is 0 Å². The van der Waals surface area contributed by atoms with E-state index in [2.05, 4.69) is 12.2 Å². The Hall–Kier alpha value is -2.68. The lowest BCUT2D eigenvalue weighted by atomic mass is 9.85. The van der Waals surface area contributed by atoms with E-state index in [1.807, 2.05) is 54.6 Å². The fourth-order valence-electron chi connectivity index (χ4n) is 5.85. The second-order valence-electron chi connectivity index (χ2n) is 8.12. The smallest absolute Gasteiger partial charge is 0.238 e. The van der Waals surface area contributed by atoms with Crippen LogP contribution in [0.25, 0.3) is 11.1 Å². The highest BCUT2D eigenvalue weighted by Gasteiger charge is 2.73. The highest BCUT2D eigenvalue weighted by atomic mass is 16.2. The topological polar surface area (TPSA) is 37.4 Å². The average Bonchev–Trinajstić information content (AvgIpc) is 3.27. The minimum absolute atomic E-state index is 0.00602. The third kappa shape index (κ3) is 1.59. The minimum atomic E-state index is -0.149. The maximum Gasteiger partial charge on any atom is 0.238 e. The number of fused-ring (bicyclic) bond motifs is 3. The molecule has 0 N–H and O–H groups in total. The monoisotopic (exact) mass is 341 g/mol. The quantitative estimate of drug-likeness (QED) is 0.610. The van der Waals surface area contributed by atoms with Gasteiger partial charge in [0.25, 0.3) is 0 Å². The molecule has 26 heavy (non-hydrogen) atoms. The van der Waals surface area contributed by atoms with E-state index in [0.29, 0.717) is 0 Å². The van der Waals surface area contributed by atoms with Crippen molar-refractivity contribution in [3.63, 3.8) is 0 Å². The first-order valence-corrected chi connectivity index (χ1v) is 9.43. The van der Waals surface area contributed by atoms with Crippen LogP contribution >= 0.6 is 0 Å². The zero-order chi connectivity index (χ0) is 17.5. The van der Waals surface area contributed by atoms with Gasteiger partial charge in [-0.15, -0.1) is 0 Å². The van der Waals surface area contributed by atoms with Crippen LogP contribution in [-0.2, 0) is 9.59 Å². The van der Waals surface area contributed by atoms with E-state index in [4.69, 9.17) is 0 Å². The number of anilines is 1. The van der Waals surface area contributed by atoms with Gasteiger partial charge in [0, 0.05) is 5.56 Å². The number of para-hydroxylation sites is 1. The fraction of sp³-hybridized carbons (Fsp3) is 0.304. The molecule has 6 rings (SSSR count). The number of hydrogen-bond acceptors (Lipinski definition) is 2. The fourth-order valence-corrected chi connectivity index (χ4v) is 5.85. The van der Waals surface area contributed by atoms with Gasteiger partial charge in [-0.05, 0) is 41.7 Å². The first-order chi connectivity index (χ1) is 12.7. The largest absolute Gasteiger partial charge is 0.274 e. The van der Waals surface area contributed by atoms with Crippen molar-refractivity contribution in [2.45, 2.75) is 12.8 Å². The predicted octanol–water partition coefficient (Wildman–Crippen LogP) is 4.06. The molecule has 3 fully saturated rings. The molecule has 2 saturated carbocycles. The molecule has 1 aliphatic heterocycles. The van der Waals surface area contributed by atoms with Crippen LogP contribution in [0, 0.1) is 29.1 Å². The lowest BCUT2D eigenvalue weighted by molar-refractivity contribution is -0.123. The van der Waals surface area contributed by atoms with Crippen LogP contribution in [0.3, 0.4) is 0 Å². The summed E-state index contributed by atoms with van der Waals surface area (Å²) in [4.78, 5) is 28.2. The van der Waals surface area contributed by atoms with Crippen LogP contribution < -0.4 is 4.90 Å². The summed E-state index contributed by atoms with van der Waals surface area (Å²) in [5, 5.41) is 0. The van der Waals surface area contributed by atoms with Crippen molar-refractivity contribution in [3.05, 3.63) is 66.7 Å². The molecule has 4 aliphatic rings. The Morgan fingerprint density at radius 2 is 1.35 bits per heavy atom. The predicted molar refractivity (Wildman–Crippen MR) is 99.1 cm³/mol. The molecule has 2 amide bonds. The van der Waals surface area contributed by atoms with Gasteiger partial charge >= 0.3 is 0 Å². The molecule has 2 aromatic carbocycles. The van der Waals surface area contributed by atoms with Crippen molar-refractivity contribution in [2.24, 2.45) is 29.1 Å². The number of hydrogen-bond donors (Lipinski definition) is 0. The molecule has 4 atom stereocenters. The Bertz CT molecular complexity index is 939. The molecule has 1 saturated heterocycles. The summed E-state index contributed by atoms with van der Waals surface area (Å²) in [6, 6.07) is 17.8. The van der Waals surface area contributed by atoms with Crippen molar-refractivity contribution >= 4 is 17.5 Å². The standard InChI is InChI=1S/C23H19NO2/c25-21-19-16-10-11-17(23(16)12-13-23)20(19)22(26)24(21)18-9-5-4-8-15(18)14-6-2-1-3-7-14/h1-11,16-17,19-20H,12-13H2/t16-,17-,19-,20+/m1/s1. The summed E-state index contributed by atoms with van der Waals surface area (Å²) in [6.45, 7) is 0. The Labute approximate surface area is 152 Å². The van der Waals surface area contributed by atoms with Gasteiger partial charge in [0.05, 0.1) is 17.5 Å². The maximum atomic E-state index is 13.4. The van der Waals surface area contributed by atoms with Crippen molar-refractivity contribution < 1.29 is 9.59 Å². The van der Waals surface area contributed by atoms with Crippen LogP contribution in [0.4, 0.5) is 5.69 Å². The van der Waals surface area contributed by atoms with E-state index in [1.165, 1.54) is 17.7 Å². The summed E-state index contributed by atoms with van der Waals surface area (Å²) < 4.78 is 0. The summed E-state index contributed by atoms with van der Waals surface area (Å²) in [6.07, 6.45) is 6.78. The number of carbonyl (C=O) groups excluding carboxylic acids is 2. The van der Waals surface area contributed by atoms with Gasteiger partial charge in [-0.1, -0.05) is 60.7 Å². The lowest BCUT2D eigenvalue weighted by Crippen LogP contribution is -2.35. The SMILES string of the molecule is O=C1[C@@H]2[C@H](C(=O)N1c1ccccc1-c1ccccc1)[C@H]1C=C[C@H]2C12CC2. The van der Waals surface area contributed by atoms with Gasteiger partial charge in [-0.3, -0.25) is 9.59 Å². The van der Waals surface area contributed by atoms with Crippen molar-refractivity contribution in [1.82, 2.24) is 0 Å². The van der Waals surface area contributed by atoms with E-state index >= 15 is 0 Å². The molecule has 1 heterocycles. The molecule has 0 unspecified atom stereocenters.